The summed E-state index contributed by atoms with van der Waals surface area (Å²) in [6.45, 7) is 0. The molecule has 2 aromatic rings. The fourth-order valence-electron chi connectivity index (χ4n) is 2.29. The zero-order valence-corrected chi connectivity index (χ0v) is 11.3. The topological polar surface area (TPSA) is 80.4 Å². The van der Waals surface area contributed by atoms with Crippen molar-refractivity contribution in [3.63, 3.8) is 0 Å². The molecule has 0 amide bonds. The second kappa shape index (κ2) is 6.65. The van der Waals surface area contributed by atoms with Crippen LogP contribution in [-0.2, 0) is 11.2 Å². The summed E-state index contributed by atoms with van der Waals surface area (Å²) < 4.78 is 0. The molecule has 0 aliphatic heterocycles. The molecule has 0 bridgehead atoms. The Balaban J connectivity index is 2.22. The maximum absolute atomic E-state index is 11.0. The number of nitro benzene ring substituents is 1. The van der Waals surface area contributed by atoms with Crippen molar-refractivity contribution in [3.8, 4) is 0 Å². The smallest absolute Gasteiger partial charge is 0.303 e. The lowest BCUT2D eigenvalue weighted by Crippen LogP contribution is -2.09. The van der Waals surface area contributed by atoms with Gasteiger partial charge in [0.2, 0.25) is 0 Å². The van der Waals surface area contributed by atoms with E-state index in [1.54, 1.807) is 12.1 Å². The number of aliphatic carboxylic acids is 1. The van der Waals surface area contributed by atoms with E-state index in [9.17, 15) is 14.9 Å². The second-order valence-electron chi connectivity index (χ2n) is 4.83. The molecular formula is C16H15NO4. The van der Waals surface area contributed by atoms with E-state index >= 15 is 0 Å². The van der Waals surface area contributed by atoms with Gasteiger partial charge in [0.1, 0.15) is 0 Å². The third kappa shape index (κ3) is 4.14. The molecule has 0 spiro atoms. The van der Waals surface area contributed by atoms with Gasteiger partial charge in [0, 0.05) is 12.1 Å². The summed E-state index contributed by atoms with van der Waals surface area (Å²) in [7, 11) is 0. The highest BCUT2D eigenvalue weighted by Gasteiger charge is 2.17. The molecule has 108 valence electrons. The third-order valence-corrected chi connectivity index (χ3v) is 3.32. The number of carboxylic acid groups (broad SMARTS) is 1. The highest BCUT2D eigenvalue weighted by atomic mass is 16.6. The van der Waals surface area contributed by atoms with Gasteiger partial charge in [0.15, 0.2) is 0 Å². The van der Waals surface area contributed by atoms with Crippen LogP contribution in [0.1, 0.15) is 23.5 Å². The van der Waals surface area contributed by atoms with Crippen LogP contribution in [0.2, 0.25) is 0 Å². The molecule has 0 aromatic heterocycles. The Bertz CT molecular complexity index is 622. The Morgan fingerprint density at radius 2 is 1.71 bits per heavy atom. The third-order valence-electron chi connectivity index (χ3n) is 3.32. The van der Waals surface area contributed by atoms with Crippen LogP contribution in [0.25, 0.3) is 0 Å². The normalized spacial score (nSPS) is 11.8. The Morgan fingerprint density at radius 1 is 1.10 bits per heavy atom. The molecule has 5 nitrogen and oxygen atoms in total. The number of hydrogen-bond donors (Lipinski definition) is 1. The summed E-state index contributed by atoms with van der Waals surface area (Å²) in [5, 5.41) is 19.7. The van der Waals surface area contributed by atoms with Gasteiger partial charge in [-0.25, -0.2) is 0 Å². The van der Waals surface area contributed by atoms with Crippen molar-refractivity contribution in [3.05, 3.63) is 75.8 Å². The molecule has 1 N–H and O–H groups in total. The summed E-state index contributed by atoms with van der Waals surface area (Å²) in [4.78, 5) is 21.2. The van der Waals surface area contributed by atoms with Gasteiger partial charge in [-0.3, -0.25) is 14.9 Å². The van der Waals surface area contributed by atoms with E-state index in [0.717, 1.165) is 11.1 Å². The molecule has 0 radical (unpaired) electrons. The molecule has 0 aliphatic carbocycles. The summed E-state index contributed by atoms with van der Waals surface area (Å²) in [6, 6.07) is 15.7. The zero-order valence-electron chi connectivity index (χ0n) is 11.3. The standard InChI is InChI=1S/C16H15NO4/c18-16(19)11-14(10-12-4-2-1-3-5-12)13-6-8-15(9-7-13)17(20)21/h1-9,14H,10-11H2,(H,18,19). The maximum Gasteiger partial charge on any atom is 0.303 e. The van der Waals surface area contributed by atoms with Gasteiger partial charge in [0.05, 0.1) is 11.3 Å². The first-order valence-electron chi connectivity index (χ1n) is 6.56. The molecule has 2 aromatic carbocycles. The molecule has 21 heavy (non-hydrogen) atoms. The fourth-order valence-corrected chi connectivity index (χ4v) is 2.29. The zero-order chi connectivity index (χ0) is 15.2. The van der Waals surface area contributed by atoms with E-state index in [2.05, 4.69) is 0 Å². The highest BCUT2D eigenvalue weighted by molar-refractivity contribution is 5.68. The number of nitro groups is 1. The maximum atomic E-state index is 11.0. The number of benzene rings is 2. The minimum atomic E-state index is -0.880. The van der Waals surface area contributed by atoms with Crippen molar-refractivity contribution in [1.29, 1.82) is 0 Å². The molecule has 0 saturated carbocycles. The quantitative estimate of drug-likeness (QED) is 0.651. The van der Waals surface area contributed by atoms with E-state index in [1.165, 1.54) is 12.1 Å². The lowest BCUT2D eigenvalue weighted by Gasteiger charge is -2.15. The van der Waals surface area contributed by atoms with Crippen LogP contribution in [0.15, 0.2) is 54.6 Å². The SMILES string of the molecule is O=C(O)CC(Cc1ccccc1)c1ccc([N+](=O)[O-])cc1. The van der Waals surface area contributed by atoms with Gasteiger partial charge in [0.25, 0.3) is 5.69 Å². The number of carboxylic acids is 1. The minimum Gasteiger partial charge on any atom is -0.481 e. The Labute approximate surface area is 122 Å². The summed E-state index contributed by atoms with van der Waals surface area (Å²) in [6.07, 6.45) is 0.581. The van der Waals surface area contributed by atoms with Gasteiger partial charge < -0.3 is 5.11 Å². The summed E-state index contributed by atoms with van der Waals surface area (Å²) in [5.41, 5.74) is 1.85. The van der Waals surface area contributed by atoms with Gasteiger partial charge in [-0.05, 0) is 23.5 Å². The van der Waals surface area contributed by atoms with Crippen molar-refractivity contribution >= 4 is 11.7 Å². The van der Waals surface area contributed by atoms with Crippen LogP contribution in [-0.4, -0.2) is 16.0 Å². The predicted molar refractivity (Wildman–Crippen MR) is 78.2 cm³/mol. The van der Waals surface area contributed by atoms with Gasteiger partial charge in [-0.1, -0.05) is 42.5 Å². The van der Waals surface area contributed by atoms with Gasteiger partial charge >= 0.3 is 5.97 Å². The average molecular weight is 285 g/mol. The van der Waals surface area contributed by atoms with E-state index in [0.29, 0.717) is 6.42 Å². The number of rotatable bonds is 6. The largest absolute Gasteiger partial charge is 0.481 e. The van der Waals surface area contributed by atoms with Crippen LogP contribution >= 0.6 is 0 Å². The second-order valence-corrected chi connectivity index (χ2v) is 4.83. The van der Waals surface area contributed by atoms with Crippen LogP contribution < -0.4 is 0 Å². The number of non-ortho nitro benzene ring substituents is 1. The van der Waals surface area contributed by atoms with Crippen molar-refractivity contribution in [2.24, 2.45) is 0 Å². The Hall–Kier alpha value is -2.69. The van der Waals surface area contributed by atoms with Gasteiger partial charge in [-0.15, -0.1) is 0 Å². The highest BCUT2D eigenvalue weighted by Crippen LogP contribution is 2.26. The summed E-state index contributed by atoms with van der Waals surface area (Å²) >= 11 is 0. The molecule has 2 rings (SSSR count). The molecule has 1 atom stereocenters. The molecule has 0 aliphatic rings. The number of nitrogens with zero attached hydrogens (tertiary/aromatic N) is 1. The van der Waals surface area contributed by atoms with Crippen molar-refractivity contribution in [2.45, 2.75) is 18.8 Å². The number of carbonyl (C=O) groups is 1. The van der Waals surface area contributed by atoms with E-state index in [4.69, 9.17) is 5.11 Å². The van der Waals surface area contributed by atoms with Crippen LogP contribution in [0, 0.1) is 10.1 Å². The van der Waals surface area contributed by atoms with E-state index < -0.39 is 10.9 Å². The first-order valence-corrected chi connectivity index (χ1v) is 6.56. The van der Waals surface area contributed by atoms with Crippen molar-refractivity contribution in [2.75, 3.05) is 0 Å². The predicted octanol–water partition coefficient (Wildman–Crippen LogP) is 3.40. The Kier molecular flexibility index (Phi) is 4.66. The van der Waals surface area contributed by atoms with E-state index in [1.807, 2.05) is 30.3 Å². The lowest BCUT2D eigenvalue weighted by atomic mass is 9.89. The van der Waals surface area contributed by atoms with Crippen molar-refractivity contribution in [1.82, 2.24) is 0 Å². The van der Waals surface area contributed by atoms with Crippen molar-refractivity contribution < 1.29 is 14.8 Å². The van der Waals surface area contributed by atoms with Crippen LogP contribution in [0.4, 0.5) is 5.69 Å². The fraction of sp³-hybridized carbons (Fsp3) is 0.188. The van der Waals surface area contributed by atoms with Gasteiger partial charge in [-0.2, -0.15) is 0 Å². The molecule has 5 heteroatoms. The van der Waals surface area contributed by atoms with Crippen LogP contribution in [0.5, 0.6) is 0 Å². The molecule has 0 heterocycles. The first kappa shape index (κ1) is 14.7. The molecule has 1 unspecified atom stereocenters. The van der Waals surface area contributed by atoms with E-state index in [-0.39, 0.29) is 18.0 Å². The molecule has 0 saturated heterocycles. The minimum absolute atomic E-state index is 0.00698. The number of hydrogen-bond acceptors (Lipinski definition) is 3. The monoisotopic (exact) mass is 285 g/mol. The first-order chi connectivity index (χ1) is 10.1. The molecular weight excluding hydrogens is 270 g/mol. The van der Waals surface area contributed by atoms with Crippen LogP contribution in [0.3, 0.4) is 0 Å². The Morgan fingerprint density at radius 3 is 2.24 bits per heavy atom. The lowest BCUT2D eigenvalue weighted by molar-refractivity contribution is -0.384. The summed E-state index contributed by atoms with van der Waals surface area (Å²) in [5.74, 6) is -1.08. The molecule has 0 fully saturated rings. The average Bonchev–Trinajstić information content (AvgIpc) is 2.47.